The van der Waals surface area contributed by atoms with E-state index in [9.17, 15) is 0 Å². The quantitative estimate of drug-likeness (QED) is 0.798. The Bertz CT molecular complexity index is 796. The average molecular weight is 319 g/mol. The van der Waals surface area contributed by atoms with Crippen LogP contribution in [0.2, 0.25) is 5.02 Å². The SMILES string of the molecule is COCc1ccc(-c2nn3nc(C(C)(C)C)c(Cl)c3[nH]2)cc1. The highest BCUT2D eigenvalue weighted by molar-refractivity contribution is 6.34. The fourth-order valence-electron chi connectivity index (χ4n) is 2.33. The average Bonchev–Trinajstić information content (AvgIpc) is 3.00. The van der Waals surface area contributed by atoms with Gasteiger partial charge >= 0.3 is 0 Å². The van der Waals surface area contributed by atoms with Crippen molar-refractivity contribution in [2.45, 2.75) is 32.8 Å². The van der Waals surface area contributed by atoms with Crippen molar-refractivity contribution in [2.24, 2.45) is 0 Å². The van der Waals surface area contributed by atoms with Gasteiger partial charge in [-0.25, -0.2) is 0 Å². The first-order chi connectivity index (χ1) is 10.4. The van der Waals surface area contributed by atoms with E-state index in [2.05, 4.69) is 36.0 Å². The van der Waals surface area contributed by atoms with Crippen molar-refractivity contribution in [1.29, 1.82) is 0 Å². The standard InChI is InChI=1S/C16H19ClN4O/c1-16(2,3)13-12(17)15-18-14(20-21(15)19-13)11-7-5-10(6-8-11)9-22-4/h5-8H,9H2,1-4H3,(H,18,20). The number of halogens is 1. The van der Waals surface area contributed by atoms with Crippen LogP contribution in [0.25, 0.3) is 17.0 Å². The van der Waals surface area contributed by atoms with Crippen molar-refractivity contribution in [2.75, 3.05) is 7.11 Å². The zero-order valence-corrected chi connectivity index (χ0v) is 13.9. The van der Waals surface area contributed by atoms with Gasteiger partial charge in [-0.1, -0.05) is 56.6 Å². The van der Waals surface area contributed by atoms with Crippen LogP contribution < -0.4 is 0 Å². The number of hydrogen-bond acceptors (Lipinski definition) is 3. The first-order valence-electron chi connectivity index (χ1n) is 7.13. The molecule has 0 amide bonds. The summed E-state index contributed by atoms with van der Waals surface area (Å²) in [4.78, 5) is 3.25. The number of benzene rings is 1. The number of aromatic amines is 1. The predicted octanol–water partition coefficient (Wildman–Crippen LogP) is 3.82. The van der Waals surface area contributed by atoms with E-state index < -0.39 is 0 Å². The van der Waals surface area contributed by atoms with E-state index in [-0.39, 0.29) is 5.41 Å². The van der Waals surface area contributed by atoms with Gasteiger partial charge in [-0.15, -0.1) is 9.73 Å². The topological polar surface area (TPSA) is 55.2 Å². The molecule has 6 heteroatoms. The van der Waals surface area contributed by atoms with Crippen molar-refractivity contribution in [3.63, 3.8) is 0 Å². The van der Waals surface area contributed by atoms with Gasteiger partial charge < -0.3 is 9.72 Å². The van der Waals surface area contributed by atoms with E-state index in [0.29, 0.717) is 11.6 Å². The summed E-state index contributed by atoms with van der Waals surface area (Å²) in [6, 6.07) is 8.05. The second-order valence-corrected chi connectivity index (χ2v) is 6.73. The summed E-state index contributed by atoms with van der Waals surface area (Å²) < 4.78 is 6.69. The second kappa shape index (κ2) is 5.41. The van der Waals surface area contributed by atoms with Crippen molar-refractivity contribution in [1.82, 2.24) is 19.8 Å². The monoisotopic (exact) mass is 318 g/mol. The minimum atomic E-state index is -0.117. The molecule has 116 valence electrons. The molecule has 22 heavy (non-hydrogen) atoms. The van der Waals surface area contributed by atoms with Crippen molar-refractivity contribution in [3.8, 4) is 11.4 Å². The van der Waals surface area contributed by atoms with Crippen LogP contribution in [0.1, 0.15) is 32.0 Å². The van der Waals surface area contributed by atoms with Gasteiger partial charge in [0.2, 0.25) is 0 Å². The Balaban J connectivity index is 1.99. The van der Waals surface area contributed by atoms with Crippen LogP contribution in [0.3, 0.4) is 0 Å². The van der Waals surface area contributed by atoms with E-state index in [1.807, 2.05) is 24.3 Å². The molecule has 3 rings (SSSR count). The maximum atomic E-state index is 6.44. The van der Waals surface area contributed by atoms with Gasteiger partial charge in [0, 0.05) is 18.1 Å². The third kappa shape index (κ3) is 2.62. The highest BCUT2D eigenvalue weighted by Crippen LogP contribution is 2.31. The molecular weight excluding hydrogens is 300 g/mol. The van der Waals surface area contributed by atoms with Gasteiger partial charge in [0.15, 0.2) is 11.5 Å². The Morgan fingerprint density at radius 2 is 1.86 bits per heavy atom. The number of H-pyrrole nitrogens is 1. The van der Waals surface area contributed by atoms with Crippen molar-refractivity contribution < 1.29 is 4.74 Å². The number of aromatic nitrogens is 4. The van der Waals surface area contributed by atoms with Crippen LogP contribution in [0, 0.1) is 0 Å². The lowest BCUT2D eigenvalue weighted by molar-refractivity contribution is 0.185. The van der Waals surface area contributed by atoms with E-state index in [1.165, 1.54) is 0 Å². The molecule has 0 saturated heterocycles. The van der Waals surface area contributed by atoms with Crippen LogP contribution in [0.5, 0.6) is 0 Å². The number of hydrogen-bond donors (Lipinski definition) is 1. The molecule has 0 radical (unpaired) electrons. The summed E-state index contributed by atoms with van der Waals surface area (Å²) in [6.45, 7) is 6.84. The molecule has 0 atom stereocenters. The van der Waals surface area contributed by atoms with Gasteiger partial charge in [0.25, 0.3) is 0 Å². The summed E-state index contributed by atoms with van der Waals surface area (Å²) in [5, 5.41) is 9.61. The molecule has 0 unspecified atom stereocenters. The molecular formula is C16H19ClN4O. The Hall–Kier alpha value is -1.85. The highest BCUT2D eigenvalue weighted by atomic mass is 35.5. The molecule has 1 aromatic carbocycles. The number of ether oxygens (including phenoxy) is 1. The highest BCUT2D eigenvalue weighted by Gasteiger charge is 2.25. The summed E-state index contributed by atoms with van der Waals surface area (Å²) in [5.41, 5.74) is 3.56. The zero-order valence-electron chi connectivity index (χ0n) is 13.1. The molecule has 0 bridgehead atoms. The molecule has 2 heterocycles. The van der Waals surface area contributed by atoms with Gasteiger partial charge in [-0.3, -0.25) is 0 Å². The van der Waals surface area contributed by atoms with Crippen molar-refractivity contribution in [3.05, 3.63) is 40.5 Å². The van der Waals surface area contributed by atoms with Crippen molar-refractivity contribution >= 4 is 17.2 Å². The first kappa shape index (κ1) is 15.1. The number of methoxy groups -OCH3 is 1. The van der Waals surface area contributed by atoms with E-state index in [4.69, 9.17) is 16.3 Å². The smallest absolute Gasteiger partial charge is 0.175 e. The lowest BCUT2D eigenvalue weighted by atomic mass is 9.92. The van der Waals surface area contributed by atoms with Gasteiger partial charge in [0.1, 0.15) is 5.02 Å². The third-order valence-electron chi connectivity index (χ3n) is 3.49. The van der Waals surface area contributed by atoms with E-state index >= 15 is 0 Å². The maximum Gasteiger partial charge on any atom is 0.175 e. The van der Waals surface area contributed by atoms with Gasteiger partial charge in [-0.2, -0.15) is 5.10 Å². The minimum Gasteiger partial charge on any atom is -0.380 e. The summed E-state index contributed by atoms with van der Waals surface area (Å²) in [7, 11) is 1.68. The summed E-state index contributed by atoms with van der Waals surface area (Å²) in [6.07, 6.45) is 0. The van der Waals surface area contributed by atoms with Gasteiger partial charge in [-0.05, 0) is 5.56 Å². The van der Waals surface area contributed by atoms with Crippen LogP contribution in [-0.4, -0.2) is 26.9 Å². The third-order valence-corrected chi connectivity index (χ3v) is 3.85. The normalized spacial score (nSPS) is 12.2. The minimum absolute atomic E-state index is 0.117. The number of nitrogens with one attached hydrogen (secondary N) is 1. The lowest BCUT2D eigenvalue weighted by Crippen LogP contribution is -2.12. The molecule has 5 nitrogen and oxygen atoms in total. The van der Waals surface area contributed by atoms with E-state index in [1.54, 1.807) is 11.7 Å². The van der Waals surface area contributed by atoms with Gasteiger partial charge in [0.05, 0.1) is 12.3 Å². The first-order valence-corrected chi connectivity index (χ1v) is 7.51. The second-order valence-electron chi connectivity index (χ2n) is 6.35. The predicted molar refractivity (Wildman–Crippen MR) is 87.2 cm³/mol. The molecule has 0 spiro atoms. The molecule has 0 aliphatic carbocycles. The lowest BCUT2D eigenvalue weighted by Gasteiger charge is -2.14. The Morgan fingerprint density at radius 1 is 1.18 bits per heavy atom. The van der Waals surface area contributed by atoms with Crippen LogP contribution in [0.4, 0.5) is 0 Å². The van der Waals surface area contributed by atoms with Crippen LogP contribution in [-0.2, 0) is 16.8 Å². The number of nitrogens with zero attached hydrogens (tertiary/aromatic N) is 3. The largest absolute Gasteiger partial charge is 0.380 e. The Morgan fingerprint density at radius 3 is 2.41 bits per heavy atom. The zero-order chi connectivity index (χ0) is 15.9. The molecule has 3 aromatic rings. The summed E-state index contributed by atoms with van der Waals surface area (Å²) in [5.74, 6) is 0.744. The van der Waals surface area contributed by atoms with Crippen LogP contribution in [0.15, 0.2) is 24.3 Å². The fraction of sp³-hybridized carbons (Fsp3) is 0.375. The Labute approximate surface area is 134 Å². The molecule has 0 fully saturated rings. The maximum absolute atomic E-state index is 6.44. The van der Waals surface area contributed by atoms with Crippen LogP contribution >= 0.6 is 11.6 Å². The number of fused-ring (bicyclic) bond motifs is 1. The molecule has 0 saturated carbocycles. The fourth-order valence-corrected chi connectivity index (χ4v) is 2.78. The Kier molecular flexibility index (Phi) is 3.70. The molecule has 2 aromatic heterocycles. The van der Waals surface area contributed by atoms with E-state index in [0.717, 1.165) is 28.3 Å². The summed E-state index contributed by atoms with van der Waals surface area (Å²) >= 11 is 6.44. The molecule has 1 N–H and O–H groups in total. The number of rotatable bonds is 3. The molecule has 0 aliphatic heterocycles. The molecule has 0 aliphatic rings.